The van der Waals surface area contributed by atoms with Crippen LogP contribution in [-0.4, -0.2) is 99.6 Å². The molecule has 0 radical (unpaired) electrons. The molecular formula is C71H137NO10. The van der Waals surface area contributed by atoms with Gasteiger partial charge in [0.2, 0.25) is 5.91 Å². The fraction of sp³-hybridized carbons (Fsp3) is 0.944. The van der Waals surface area contributed by atoms with Crippen molar-refractivity contribution in [2.24, 2.45) is 0 Å². The van der Waals surface area contributed by atoms with Gasteiger partial charge < -0.3 is 45.1 Å². The number of aliphatic hydroxyl groups is 5. The molecule has 0 saturated carbocycles. The molecular weight excluding hydrogens is 1030 g/mol. The second-order valence-electron chi connectivity index (χ2n) is 25.3. The second kappa shape index (κ2) is 59.7. The number of rotatable bonds is 63. The van der Waals surface area contributed by atoms with E-state index in [0.717, 1.165) is 57.8 Å². The van der Waals surface area contributed by atoms with Gasteiger partial charge in [-0.15, -0.1) is 0 Å². The molecule has 1 saturated heterocycles. The van der Waals surface area contributed by atoms with Crippen molar-refractivity contribution in [1.29, 1.82) is 0 Å². The Hall–Kier alpha value is -1.60. The van der Waals surface area contributed by atoms with Gasteiger partial charge in [0.1, 0.15) is 24.4 Å². The van der Waals surface area contributed by atoms with Gasteiger partial charge in [-0.05, 0) is 25.7 Å². The Balaban J connectivity index is 2.55. The van der Waals surface area contributed by atoms with Gasteiger partial charge in [0.25, 0.3) is 0 Å². The largest absolute Gasteiger partial charge is 0.454 e. The lowest BCUT2D eigenvalue weighted by atomic mass is 9.99. The minimum Gasteiger partial charge on any atom is -0.454 e. The average molecular weight is 1160 g/mol. The van der Waals surface area contributed by atoms with E-state index >= 15 is 0 Å². The number of hydrogen-bond acceptors (Lipinski definition) is 10. The summed E-state index contributed by atoms with van der Waals surface area (Å²) < 4.78 is 17.7. The van der Waals surface area contributed by atoms with Crippen molar-refractivity contribution in [3.8, 4) is 0 Å². The number of esters is 1. The predicted octanol–water partition coefficient (Wildman–Crippen LogP) is 18.2. The third-order valence-electron chi connectivity index (χ3n) is 17.4. The molecule has 1 aliphatic heterocycles. The molecule has 1 rings (SSSR count). The molecule has 0 bridgehead atoms. The molecule has 82 heavy (non-hydrogen) atoms. The smallest absolute Gasteiger partial charge is 0.306 e. The van der Waals surface area contributed by atoms with Crippen molar-refractivity contribution in [2.75, 3.05) is 13.2 Å². The highest BCUT2D eigenvalue weighted by molar-refractivity contribution is 5.80. The first-order valence-electron chi connectivity index (χ1n) is 36.0. The zero-order valence-corrected chi connectivity index (χ0v) is 54.1. The Labute approximate surface area is 506 Å². The fourth-order valence-corrected chi connectivity index (χ4v) is 11.8. The molecule has 11 nitrogen and oxygen atoms in total. The summed E-state index contributed by atoms with van der Waals surface area (Å²) >= 11 is 0. The Morgan fingerprint density at radius 2 is 0.793 bits per heavy atom. The van der Waals surface area contributed by atoms with Crippen LogP contribution in [0.1, 0.15) is 367 Å². The first-order chi connectivity index (χ1) is 40.2. The minimum atomic E-state index is -1.61. The maximum absolute atomic E-state index is 13.5. The van der Waals surface area contributed by atoms with E-state index < -0.39 is 67.4 Å². The molecule has 8 atom stereocenters. The van der Waals surface area contributed by atoms with Gasteiger partial charge in [-0.1, -0.05) is 348 Å². The van der Waals surface area contributed by atoms with Crippen molar-refractivity contribution in [3.05, 3.63) is 12.2 Å². The second-order valence-corrected chi connectivity index (χ2v) is 25.3. The lowest BCUT2D eigenvalue weighted by Gasteiger charge is -2.41. The Bertz CT molecular complexity index is 1380. The van der Waals surface area contributed by atoms with Crippen molar-refractivity contribution in [2.45, 2.75) is 416 Å². The normalized spacial score (nSPS) is 18.6. The monoisotopic (exact) mass is 1160 g/mol. The van der Waals surface area contributed by atoms with E-state index in [9.17, 15) is 35.1 Å². The predicted molar refractivity (Wildman–Crippen MR) is 343 cm³/mol. The summed E-state index contributed by atoms with van der Waals surface area (Å²) in [6.45, 7) is 5.86. The van der Waals surface area contributed by atoms with E-state index in [1.165, 1.54) is 263 Å². The summed E-state index contributed by atoms with van der Waals surface area (Å²) in [7, 11) is 0. The Morgan fingerprint density at radius 1 is 0.463 bits per heavy atom. The number of nitrogens with one attached hydrogen (secondary N) is 1. The zero-order chi connectivity index (χ0) is 59.6. The van der Waals surface area contributed by atoms with Crippen molar-refractivity contribution in [3.63, 3.8) is 0 Å². The molecule has 486 valence electrons. The van der Waals surface area contributed by atoms with Crippen LogP contribution in [0.15, 0.2) is 12.2 Å². The van der Waals surface area contributed by atoms with Gasteiger partial charge in [0, 0.05) is 6.42 Å². The third-order valence-corrected chi connectivity index (χ3v) is 17.4. The number of hydrogen-bond donors (Lipinski definition) is 6. The zero-order valence-electron chi connectivity index (χ0n) is 54.1. The summed E-state index contributed by atoms with van der Waals surface area (Å²) in [4.78, 5) is 26.7. The molecule has 1 amide bonds. The van der Waals surface area contributed by atoms with Crippen molar-refractivity contribution in [1.82, 2.24) is 5.32 Å². The number of amides is 1. The van der Waals surface area contributed by atoms with Crippen LogP contribution in [0.25, 0.3) is 0 Å². The highest BCUT2D eigenvalue weighted by Gasteiger charge is 2.47. The molecule has 0 spiro atoms. The molecule has 8 unspecified atom stereocenters. The van der Waals surface area contributed by atoms with Crippen LogP contribution in [0.3, 0.4) is 0 Å². The molecule has 1 heterocycles. The number of ether oxygens (including phenoxy) is 3. The first-order valence-corrected chi connectivity index (χ1v) is 36.0. The van der Waals surface area contributed by atoms with Crippen LogP contribution in [0.4, 0.5) is 0 Å². The summed E-state index contributed by atoms with van der Waals surface area (Å²) in [6.07, 6.45) is 59.8. The number of carbonyl (C=O) groups excluding carboxylic acids is 2. The fourth-order valence-electron chi connectivity index (χ4n) is 11.8. The summed E-state index contributed by atoms with van der Waals surface area (Å²) in [5, 5.41) is 57.2. The lowest BCUT2D eigenvalue weighted by Crippen LogP contribution is -2.61. The molecule has 11 heteroatoms. The molecule has 1 aliphatic rings. The van der Waals surface area contributed by atoms with E-state index in [4.69, 9.17) is 14.2 Å². The molecule has 1 fully saturated rings. The van der Waals surface area contributed by atoms with E-state index in [0.29, 0.717) is 19.3 Å². The maximum Gasteiger partial charge on any atom is 0.306 e. The van der Waals surface area contributed by atoms with Crippen molar-refractivity contribution >= 4 is 11.9 Å². The topological polar surface area (TPSA) is 175 Å². The summed E-state index contributed by atoms with van der Waals surface area (Å²) in [5.41, 5.74) is 0. The van der Waals surface area contributed by atoms with Gasteiger partial charge in [0.05, 0.1) is 25.4 Å². The third kappa shape index (κ3) is 46.6. The van der Waals surface area contributed by atoms with Crippen LogP contribution in [0.2, 0.25) is 0 Å². The maximum atomic E-state index is 13.5. The summed E-state index contributed by atoms with van der Waals surface area (Å²) in [5.74, 6) is -1.17. The highest BCUT2D eigenvalue weighted by Crippen LogP contribution is 2.27. The first kappa shape index (κ1) is 78.4. The van der Waals surface area contributed by atoms with Crippen LogP contribution in [-0.2, 0) is 23.8 Å². The molecule has 0 aromatic rings. The number of aliphatic hydroxyl groups excluding tert-OH is 5. The standard InChI is InChI=1S/C71H137NO10/c1-4-7-10-13-16-19-22-25-27-29-30-31-32-33-34-35-37-38-40-43-46-49-52-55-58-64(75)70(79)72-62(63(74)57-54-51-48-45-42-24-21-18-15-12-9-6-3)61-80-71-69(68(78)67(77)65(60-73)81-71)82-66(76)59-56-53-50-47-44-41-39-36-28-26-23-20-17-14-11-8-5-2/h54,57,62-65,67-69,71,73-75,77-78H,4-53,55-56,58-61H2,1-3H3,(H,72,79)/b57-54+. The van der Waals surface area contributed by atoms with Gasteiger partial charge in [0.15, 0.2) is 12.4 Å². The molecule has 6 N–H and O–H groups in total. The Morgan fingerprint density at radius 3 is 1.15 bits per heavy atom. The van der Waals surface area contributed by atoms with Gasteiger partial charge in [-0.25, -0.2) is 0 Å². The number of unbranched alkanes of at least 4 members (excludes halogenated alkanes) is 49. The van der Waals surface area contributed by atoms with Crippen LogP contribution < -0.4 is 5.32 Å². The van der Waals surface area contributed by atoms with Gasteiger partial charge >= 0.3 is 5.97 Å². The SMILES string of the molecule is CCCCCCCCCCCC/C=C/C(O)C(COC1OC(CO)C(O)C(O)C1OC(=O)CCCCCCCCCCCCCCCCCCC)NC(=O)C(O)CCCCCCCCCCCCCCCCCCCCCCCCCC. The average Bonchev–Trinajstić information content (AvgIpc) is 3.61. The van der Waals surface area contributed by atoms with Crippen LogP contribution in [0.5, 0.6) is 0 Å². The summed E-state index contributed by atoms with van der Waals surface area (Å²) in [6, 6.07) is -1.02. The van der Waals surface area contributed by atoms with E-state index in [1.54, 1.807) is 6.08 Å². The van der Waals surface area contributed by atoms with Crippen molar-refractivity contribution < 1.29 is 49.3 Å². The molecule has 0 aliphatic carbocycles. The van der Waals surface area contributed by atoms with Crippen LogP contribution in [0, 0.1) is 0 Å². The Kier molecular flexibility index (Phi) is 57.1. The van der Waals surface area contributed by atoms with E-state index in [-0.39, 0.29) is 13.0 Å². The quantitative estimate of drug-likeness (QED) is 0.0195. The van der Waals surface area contributed by atoms with E-state index in [1.807, 2.05) is 6.08 Å². The van der Waals surface area contributed by atoms with Gasteiger partial charge in [-0.2, -0.15) is 0 Å². The lowest BCUT2D eigenvalue weighted by molar-refractivity contribution is -0.305. The van der Waals surface area contributed by atoms with Gasteiger partial charge in [-0.3, -0.25) is 9.59 Å². The minimum absolute atomic E-state index is 0.132. The molecule has 0 aromatic heterocycles. The highest BCUT2D eigenvalue weighted by atomic mass is 16.7. The number of allylic oxidation sites excluding steroid dienone is 1. The number of carbonyl (C=O) groups is 2. The van der Waals surface area contributed by atoms with Crippen LogP contribution >= 0.6 is 0 Å². The molecule has 0 aromatic carbocycles. The van der Waals surface area contributed by atoms with E-state index in [2.05, 4.69) is 26.1 Å².